The topological polar surface area (TPSA) is 111 Å². The van der Waals surface area contributed by atoms with E-state index in [1.54, 1.807) is 31.4 Å². The van der Waals surface area contributed by atoms with Crippen molar-refractivity contribution in [3.05, 3.63) is 60.0 Å². The fourth-order valence-corrected chi connectivity index (χ4v) is 2.99. The average Bonchev–Trinajstić information content (AvgIpc) is 3.14. The summed E-state index contributed by atoms with van der Waals surface area (Å²) < 4.78 is 33.9. The summed E-state index contributed by atoms with van der Waals surface area (Å²) in [6.45, 7) is 0.0128. The molecule has 3 rings (SSSR count). The summed E-state index contributed by atoms with van der Waals surface area (Å²) in [4.78, 5) is 12.3. The van der Waals surface area contributed by atoms with E-state index in [4.69, 9.17) is 9.15 Å². The van der Waals surface area contributed by atoms with Crippen LogP contribution in [0.15, 0.2) is 57.8 Å². The molecule has 0 aliphatic carbocycles. The fourth-order valence-electron chi connectivity index (χ4n) is 2.32. The van der Waals surface area contributed by atoms with Crippen molar-refractivity contribution < 1.29 is 22.4 Å². The predicted molar refractivity (Wildman–Crippen MR) is 97.0 cm³/mol. The second-order valence-corrected chi connectivity index (χ2v) is 7.73. The zero-order valence-corrected chi connectivity index (χ0v) is 15.5. The van der Waals surface area contributed by atoms with Gasteiger partial charge in [-0.25, -0.2) is 8.42 Å². The van der Waals surface area contributed by atoms with Crippen molar-refractivity contribution in [2.75, 3.05) is 13.4 Å². The van der Waals surface area contributed by atoms with E-state index < -0.39 is 15.7 Å². The van der Waals surface area contributed by atoms with Crippen LogP contribution in [0.25, 0.3) is 11.5 Å². The van der Waals surface area contributed by atoms with E-state index in [0.29, 0.717) is 17.2 Å². The van der Waals surface area contributed by atoms with Crippen LogP contribution in [0, 0.1) is 0 Å². The molecule has 27 heavy (non-hydrogen) atoms. The first kappa shape index (κ1) is 18.6. The Morgan fingerprint density at radius 3 is 2.67 bits per heavy atom. The maximum Gasteiger partial charge on any atom is 0.251 e. The zero-order valence-electron chi connectivity index (χ0n) is 14.7. The van der Waals surface area contributed by atoms with Gasteiger partial charge in [-0.1, -0.05) is 12.1 Å². The summed E-state index contributed by atoms with van der Waals surface area (Å²) in [5.74, 6) is 0.741. The first-order valence-electron chi connectivity index (χ1n) is 7.92. The second kappa shape index (κ2) is 7.58. The Kier molecular flexibility index (Phi) is 5.22. The molecule has 1 heterocycles. The summed E-state index contributed by atoms with van der Waals surface area (Å²) in [6.07, 6.45) is 1.09. The molecule has 1 N–H and O–H groups in total. The van der Waals surface area contributed by atoms with Gasteiger partial charge in [0.05, 0.1) is 18.6 Å². The van der Waals surface area contributed by atoms with Crippen LogP contribution >= 0.6 is 0 Å². The van der Waals surface area contributed by atoms with Crippen LogP contribution in [0.1, 0.15) is 16.2 Å². The number of nitrogens with one attached hydrogen (secondary N) is 1. The van der Waals surface area contributed by atoms with Crippen LogP contribution in [0.3, 0.4) is 0 Å². The maximum atomic E-state index is 12.2. The van der Waals surface area contributed by atoms with Crippen molar-refractivity contribution in [2.24, 2.45) is 0 Å². The van der Waals surface area contributed by atoms with Crippen molar-refractivity contribution in [1.29, 1.82) is 0 Å². The maximum absolute atomic E-state index is 12.2. The molecule has 0 saturated carbocycles. The molecule has 0 radical (unpaired) electrons. The third-order valence-electron chi connectivity index (χ3n) is 3.71. The van der Waals surface area contributed by atoms with Gasteiger partial charge in [0, 0.05) is 17.4 Å². The number of ether oxygens (including phenoxy) is 1. The molecule has 9 heteroatoms. The van der Waals surface area contributed by atoms with E-state index in [9.17, 15) is 13.2 Å². The number of sulfone groups is 1. The quantitative estimate of drug-likeness (QED) is 0.689. The van der Waals surface area contributed by atoms with E-state index in [2.05, 4.69) is 15.5 Å². The molecule has 0 saturated heterocycles. The lowest BCUT2D eigenvalue weighted by atomic mass is 10.2. The van der Waals surface area contributed by atoms with Gasteiger partial charge in [-0.2, -0.15) is 0 Å². The molecular weight excluding hydrogens is 370 g/mol. The molecule has 8 nitrogen and oxygen atoms in total. The fraction of sp³-hybridized carbons (Fsp3) is 0.167. The van der Waals surface area contributed by atoms with Crippen LogP contribution in [0.2, 0.25) is 0 Å². The van der Waals surface area contributed by atoms with Crippen molar-refractivity contribution in [2.45, 2.75) is 11.4 Å². The number of rotatable bonds is 6. The SMILES string of the molecule is COc1cccc(-c2nnc(CNC(=O)c3cccc(S(C)(=O)=O)c3)o2)c1. The monoisotopic (exact) mass is 387 g/mol. The number of carbonyl (C=O) groups is 1. The Labute approximate surface area is 156 Å². The summed E-state index contributed by atoms with van der Waals surface area (Å²) >= 11 is 0. The smallest absolute Gasteiger partial charge is 0.251 e. The number of carbonyl (C=O) groups excluding carboxylic acids is 1. The highest BCUT2D eigenvalue weighted by Crippen LogP contribution is 2.22. The predicted octanol–water partition coefficient (Wildman–Crippen LogP) is 2.08. The zero-order chi connectivity index (χ0) is 19.4. The van der Waals surface area contributed by atoms with Gasteiger partial charge >= 0.3 is 0 Å². The van der Waals surface area contributed by atoms with Crippen molar-refractivity contribution in [3.8, 4) is 17.2 Å². The van der Waals surface area contributed by atoms with Gasteiger partial charge in [0.15, 0.2) is 9.84 Å². The normalized spacial score (nSPS) is 11.2. The third kappa shape index (κ3) is 4.50. The number of benzene rings is 2. The molecule has 0 aliphatic rings. The Hall–Kier alpha value is -3.20. The minimum absolute atomic E-state index is 0.0128. The van der Waals surface area contributed by atoms with Gasteiger partial charge in [-0.05, 0) is 36.4 Å². The van der Waals surface area contributed by atoms with Gasteiger partial charge in [0.25, 0.3) is 5.91 Å². The first-order valence-corrected chi connectivity index (χ1v) is 9.81. The van der Waals surface area contributed by atoms with E-state index in [1.807, 2.05) is 0 Å². The Morgan fingerprint density at radius 1 is 1.15 bits per heavy atom. The van der Waals surface area contributed by atoms with Gasteiger partial charge in [0.1, 0.15) is 5.75 Å². The minimum atomic E-state index is -3.39. The van der Waals surface area contributed by atoms with Gasteiger partial charge < -0.3 is 14.5 Å². The molecule has 0 aliphatic heterocycles. The first-order chi connectivity index (χ1) is 12.9. The number of methoxy groups -OCH3 is 1. The highest BCUT2D eigenvalue weighted by Gasteiger charge is 2.14. The molecular formula is C18H17N3O5S. The second-order valence-electron chi connectivity index (χ2n) is 5.72. The Balaban J connectivity index is 1.69. The van der Waals surface area contributed by atoms with Crippen LogP contribution in [-0.2, 0) is 16.4 Å². The lowest BCUT2D eigenvalue weighted by Gasteiger charge is -2.04. The number of amides is 1. The van der Waals surface area contributed by atoms with Crippen LogP contribution in [0.5, 0.6) is 5.75 Å². The summed E-state index contributed by atoms with van der Waals surface area (Å²) in [5.41, 5.74) is 0.922. The van der Waals surface area contributed by atoms with Gasteiger partial charge in [0.2, 0.25) is 11.8 Å². The summed E-state index contributed by atoms with van der Waals surface area (Å²) in [7, 11) is -1.83. The highest BCUT2D eigenvalue weighted by atomic mass is 32.2. The molecule has 0 bridgehead atoms. The molecule has 0 spiro atoms. The molecule has 0 atom stereocenters. The molecule has 3 aromatic rings. The lowest BCUT2D eigenvalue weighted by molar-refractivity contribution is 0.0947. The third-order valence-corrected chi connectivity index (χ3v) is 4.82. The molecule has 140 valence electrons. The minimum Gasteiger partial charge on any atom is -0.497 e. The van der Waals surface area contributed by atoms with E-state index in [0.717, 1.165) is 6.26 Å². The van der Waals surface area contributed by atoms with E-state index in [-0.39, 0.29) is 22.9 Å². The number of nitrogens with zero attached hydrogens (tertiary/aromatic N) is 2. The number of hydrogen-bond acceptors (Lipinski definition) is 7. The number of hydrogen-bond donors (Lipinski definition) is 1. The van der Waals surface area contributed by atoms with Crippen LogP contribution < -0.4 is 10.1 Å². The largest absolute Gasteiger partial charge is 0.497 e. The highest BCUT2D eigenvalue weighted by molar-refractivity contribution is 7.90. The molecule has 0 fully saturated rings. The van der Waals surface area contributed by atoms with Gasteiger partial charge in [-0.3, -0.25) is 4.79 Å². The lowest BCUT2D eigenvalue weighted by Crippen LogP contribution is -2.23. The summed E-state index contributed by atoms with van der Waals surface area (Å²) in [6, 6.07) is 12.9. The standard InChI is InChI=1S/C18H17N3O5S/c1-25-14-7-3-6-13(9-14)18-21-20-16(26-18)11-19-17(22)12-5-4-8-15(10-12)27(2,23)24/h3-10H,11H2,1-2H3,(H,19,22). The average molecular weight is 387 g/mol. The van der Waals surface area contributed by atoms with Crippen molar-refractivity contribution >= 4 is 15.7 Å². The number of aromatic nitrogens is 2. The van der Waals surface area contributed by atoms with E-state index >= 15 is 0 Å². The molecule has 1 aromatic heterocycles. The van der Waals surface area contributed by atoms with Crippen LogP contribution in [-0.4, -0.2) is 37.9 Å². The molecule has 1 amide bonds. The molecule has 2 aromatic carbocycles. The van der Waals surface area contributed by atoms with Crippen molar-refractivity contribution in [3.63, 3.8) is 0 Å². The van der Waals surface area contributed by atoms with E-state index in [1.165, 1.54) is 24.3 Å². The van der Waals surface area contributed by atoms with Crippen molar-refractivity contribution in [1.82, 2.24) is 15.5 Å². The Morgan fingerprint density at radius 2 is 1.93 bits per heavy atom. The summed E-state index contributed by atoms with van der Waals surface area (Å²) in [5, 5.41) is 10.5. The Bertz CT molecular complexity index is 1080. The molecule has 0 unspecified atom stereocenters. The van der Waals surface area contributed by atoms with Gasteiger partial charge in [-0.15, -0.1) is 10.2 Å². The van der Waals surface area contributed by atoms with Crippen LogP contribution in [0.4, 0.5) is 0 Å².